The Kier molecular flexibility index (Phi) is 8.33. The maximum Gasteiger partial charge on any atom is 0.330 e. The van der Waals surface area contributed by atoms with Gasteiger partial charge >= 0.3 is 5.97 Å². The van der Waals surface area contributed by atoms with Gasteiger partial charge in [0, 0.05) is 35.2 Å². The molecule has 0 fully saturated rings. The Bertz CT molecular complexity index is 720. The van der Waals surface area contributed by atoms with Crippen LogP contribution in [0.5, 0.6) is 0 Å². The monoisotopic (exact) mass is 364 g/mol. The molecular weight excluding hydrogens is 348 g/mol. The molecular formula is C18H16FeN2O3-6. The van der Waals surface area contributed by atoms with Crippen LogP contribution in [-0.2, 0) is 21.8 Å². The van der Waals surface area contributed by atoms with Crippen molar-refractivity contribution < 1.29 is 31.4 Å². The third kappa shape index (κ3) is 5.26. The van der Waals surface area contributed by atoms with Crippen LogP contribution in [0.2, 0.25) is 0 Å². The van der Waals surface area contributed by atoms with Gasteiger partial charge < -0.3 is 44.3 Å². The molecule has 0 unspecified atom stereocenters. The van der Waals surface area contributed by atoms with E-state index in [9.17, 15) is 9.59 Å². The number of ether oxygens (including phenoxy) is 1. The molecule has 24 heavy (non-hydrogen) atoms. The van der Waals surface area contributed by atoms with E-state index in [0.29, 0.717) is 5.56 Å². The fourth-order valence-electron chi connectivity index (χ4n) is 1.84. The zero-order valence-electron chi connectivity index (χ0n) is 13.0. The average Bonchev–Trinajstić information content (AvgIpc) is 3.30. The predicted octanol–water partition coefficient (Wildman–Crippen LogP) is 3.01. The van der Waals surface area contributed by atoms with Crippen LogP contribution in [0.4, 0.5) is 0 Å². The van der Waals surface area contributed by atoms with Crippen molar-refractivity contribution in [1.82, 2.24) is 9.97 Å². The first-order valence-electron chi connectivity index (χ1n) is 7.15. The third-order valence-electron chi connectivity index (χ3n) is 2.86. The van der Waals surface area contributed by atoms with Crippen molar-refractivity contribution in [3.8, 4) is 0 Å². The molecule has 0 atom stereocenters. The zero-order chi connectivity index (χ0) is 16.5. The number of nitrogens with zero attached hydrogens (tertiary/aromatic N) is 2. The molecule has 1 aromatic heterocycles. The van der Waals surface area contributed by atoms with Gasteiger partial charge in [-0.25, -0.2) is 22.6 Å². The summed E-state index contributed by atoms with van der Waals surface area (Å²) in [4.78, 5) is 31.6. The molecule has 5 nitrogen and oxygen atoms in total. The molecule has 0 bridgehead atoms. The number of hydrogen-bond acceptors (Lipinski definition) is 5. The van der Waals surface area contributed by atoms with Gasteiger partial charge in [-0.2, -0.15) is 18.2 Å². The first kappa shape index (κ1) is 19.5. The molecule has 0 amide bonds. The number of ketones is 1. The summed E-state index contributed by atoms with van der Waals surface area (Å²) >= 11 is 0. The van der Waals surface area contributed by atoms with E-state index in [0.717, 1.165) is 0 Å². The summed E-state index contributed by atoms with van der Waals surface area (Å²) in [6, 6.07) is 16.8. The normalized spacial score (nSPS) is 9.21. The fraction of sp³-hybridized carbons (Fsp3) is 0.111. The molecule has 3 rings (SSSR count). The van der Waals surface area contributed by atoms with Crippen molar-refractivity contribution in [2.24, 2.45) is 0 Å². The molecule has 0 N–H and O–H groups in total. The first-order chi connectivity index (χ1) is 11.2. The minimum Gasteiger partial charge on any atom is -0.643 e. The minimum absolute atomic E-state index is 0. The van der Waals surface area contributed by atoms with Crippen LogP contribution in [-0.4, -0.2) is 28.3 Å². The van der Waals surface area contributed by atoms with Gasteiger partial charge in [0.2, 0.25) is 0 Å². The molecule has 0 aliphatic carbocycles. The van der Waals surface area contributed by atoms with Gasteiger partial charge in [-0.1, -0.05) is 0 Å². The van der Waals surface area contributed by atoms with E-state index in [1.54, 1.807) is 31.2 Å². The second kappa shape index (κ2) is 10.3. The van der Waals surface area contributed by atoms with Crippen LogP contribution in [0, 0.1) is 0 Å². The Morgan fingerprint density at radius 1 is 1.08 bits per heavy atom. The SMILES string of the molecule is CCOC(=O)c1nccnc1C(=O)[c-]1[cH-][cH-][cH-][cH-]1.[Fe].c1cc[cH-]c1. The van der Waals surface area contributed by atoms with Gasteiger partial charge in [0.05, 0.1) is 6.61 Å². The van der Waals surface area contributed by atoms with Gasteiger partial charge in [0.25, 0.3) is 0 Å². The van der Waals surface area contributed by atoms with E-state index in [-0.39, 0.29) is 40.8 Å². The Balaban J connectivity index is 0.000000412. The number of carbonyl (C=O) groups is 2. The number of carbonyl (C=O) groups excluding carboxylic acids is 2. The number of aromatic nitrogens is 2. The zero-order valence-corrected chi connectivity index (χ0v) is 14.1. The Labute approximate surface area is 150 Å². The Morgan fingerprint density at radius 3 is 2.17 bits per heavy atom. The minimum atomic E-state index is -0.638. The molecule has 2 aromatic carbocycles. The number of hydrogen-bond donors (Lipinski definition) is 0. The van der Waals surface area contributed by atoms with Gasteiger partial charge in [-0.05, 0) is 6.92 Å². The van der Waals surface area contributed by atoms with E-state index < -0.39 is 5.97 Å². The van der Waals surface area contributed by atoms with Crippen molar-refractivity contribution in [2.45, 2.75) is 6.92 Å². The predicted molar refractivity (Wildman–Crippen MR) is 85.5 cm³/mol. The number of rotatable bonds is 4. The number of esters is 1. The summed E-state index contributed by atoms with van der Waals surface area (Å²) in [6.45, 7) is 1.91. The van der Waals surface area contributed by atoms with Gasteiger partial charge in [-0.3, -0.25) is 10.8 Å². The van der Waals surface area contributed by atoms with E-state index in [1.807, 2.05) is 30.3 Å². The maximum atomic E-state index is 12.1. The second-order valence-corrected chi connectivity index (χ2v) is 4.44. The molecule has 0 aliphatic rings. The van der Waals surface area contributed by atoms with Crippen LogP contribution >= 0.6 is 0 Å². The standard InChI is InChI=1S/C13H11N2O3.C5H5.Fe/c1-2-18-13(17)11-10(14-7-8-15-11)12(16)9-5-3-4-6-9;1-2-4-5-3-1;/h3-8H,2H2,1H3;1-5H;/q-5;-1;. The van der Waals surface area contributed by atoms with Crippen molar-refractivity contribution in [3.63, 3.8) is 0 Å². The van der Waals surface area contributed by atoms with Crippen LogP contribution < -0.4 is 0 Å². The summed E-state index contributed by atoms with van der Waals surface area (Å²) in [5.41, 5.74) is 0.439. The molecule has 1 heterocycles. The molecule has 6 heteroatoms. The Hall–Kier alpha value is -2.56. The molecule has 0 saturated carbocycles. The average molecular weight is 364 g/mol. The quantitative estimate of drug-likeness (QED) is 0.308. The molecule has 0 saturated heterocycles. The molecule has 0 aliphatic heterocycles. The molecule has 0 spiro atoms. The van der Waals surface area contributed by atoms with E-state index in [4.69, 9.17) is 4.74 Å². The van der Waals surface area contributed by atoms with Crippen LogP contribution in [0.1, 0.15) is 33.5 Å². The smallest absolute Gasteiger partial charge is 0.330 e. The second-order valence-electron chi connectivity index (χ2n) is 4.44. The summed E-state index contributed by atoms with van der Waals surface area (Å²) in [5.74, 6) is -0.975. The van der Waals surface area contributed by atoms with Crippen molar-refractivity contribution in [1.29, 1.82) is 0 Å². The van der Waals surface area contributed by atoms with E-state index >= 15 is 0 Å². The summed E-state index contributed by atoms with van der Waals surface area (Å²) < 4.78 is 4.84. The summed E-state index contributed by atoms with van der Waals surface area (Å²) in [7, 11) is 0. The van der Waals surface area contributed by atoms with E-state index in [2.05, 4.69) is 9.97 Å². The molecule has 0 radical (unpaired) electrons. The Morgan fingerprint density at radius 2 is 1.67 bits per heavy atom. The topological polar surface area (TPSA) is 69.2 Å². The van der Waals surface area contributed by atoms with Crippen LogP contribution in [0.15, 0.2) is 67.0 Å². The third-order valence-corrected chi connectivity index (χ3v) is 2.86. The first-order valence-corrected chi connectivity index (χ1v) is 7.15. The van der Waals surface area contributed by atoms with Gasteiger partial charge in [0.1, 0.15) is 0 Å². The van der Waals surface area contributed by atoms with Crippen molar-refractivity contribution in [3.05, 3.63) is 83.9 Å². The van der Waals surface area contributed by atoms with Gasteiger partial charge in [0.15, 0.2) is 0 Å². The molecule has 3 aromatic rings. The van der Waals surface area contributed by atoms with Crippen LogP contribution in [0.3, 0.4) is 0 Å². The fourth-order valence-corrected chi connectivity index (χ4v) is 1.84. The molecule has 130 valence electrons. The van der Waals surface area contributed by atoms with Gasteiger partial charge in [-0.15, -0.1) is 0 Å². The summed E-state index contributed by atoms with van der Waals surface area (Å²) in [5, 5.41) is 0. The van der Waals surface area contributed by atoms with Crippen LogP contribution in [0.25, 0.3) is 0 Å². The summed E-state index contributed by atoms with van der Waals surface area (Å²) in [6.07, 6.45) is 2.73. The van der Waals surface area contributed by atoms with Crippen molar-refractivity contribution in [2.75, 3.05) is 6.61 Å². The largest absolute Gasteiger partial charge is 0.643 e. The maximum absolute atomic E-state index is 12.1. The van der Waals surface area contributed by atoms with E-state index in [1.165, 1.54) is 12.4 Å². The van der Waals surface area contributed by atoms with Crippen molar-refractivity contribution >= 4 is 11.8 Å².